The van der Waals surface area contributed by atoms with Crippen LogP contribution in [0.15, 0.2) is 85.0 Å². The fourth-order valence-electron chi connectivity index (χ4n) is 3.96. The third-order valence-electron chi connectivity index (χ3n) is 5.77. The van der Waals surface area contributed by atoms with Crippen LogP contribution in [0.1, 0.15) is 58.8 Å². The van der Waals surface area contributed by atoms with Gasteiger partial charge in [0.05, 0.1) is 0 Å². The summed E-state index contributed by atoms with van der Waals surface area (Å²) in [5, 5.41) is 8.08. The molecule has 3 heteroatoms. The van der Waals surface area contributed by atoms with Crippen LogP contribution in [0.5, 0.6) is 0 Å². The molecule has 5 rings (SSSR count). The average molecular weight is 569 g/mol. The van der Waals surface area contributed by atoms with Gasteiger partial charge in [0.1, 0.15) is 0 Å². The maximum absolute atomic E-state index is 2.99. The topological polar surface area (TPSA) is 0 Å². The van der Waals surface area contributed by atoms with Crippen molar-refractivity contribution in [3.05, 3.63) is 91.0 Å². The van der Waals surface area contributed by atoms with E-state index < -0.39 is 0 Å². The number of benzene rings is 3. The molecular weight excluding hydrogens is 534 g/mol. The minimum Gasteiger partial charge on any atom is -1.00 e. The molecule has 34 heavy (non-hydrogen) atoms. The Morgan fingerprint density at radius 1 is 0.824 bits per heavy atom. The van der Waals surface area contributed by atoms with Crippen LogP contribution >= 0.6 is 0 Å². The first kappa shape index (κ1) is 30.6. The minimum atomic E-state index is 0. The molecule has 0 radical (unpaired) electrons. The maximum atomic E-state index is 2.99. The molecule has 0 amide bonds. The van der Waals surface area contributed by atoms with Gasteiger partial charge in [-0.05, 0) is 0 Å². The van der Waals surface area contributed by atoms with Crippen molar-refractivity contribution in [2.24, 2.45) is 0 Å². The van der Waals surface area contributed by atoms with Crippen LogP contribution < -0.4 is 24.8 Å². The smallest absolute Gasteiger partial charge is 0.0520 e. The zero-order chi connectivity index (χ0) is 22.6. The second-order valence-electron chi connectivity index (χ2n) is 8.29. The molecule has 4 aromatic carbocycles. The van der Waals surface area contributed by atoms with E-state index in [2.05, 4.69) is 92.7 Å². The second kappa shape index (κ2) is 17.1. The van der Waals surface area contributed by atoms with E-state index >= 15 is 0 Å². The van der Waals surface area contributed by atoms with Gasteiger partial charge in [-0.15, -0.1) is 40.1 Å². The van der Waals surface area contributed by atoms with Crippen LogP contribution in [0.4, 0.5) is 0 Å². The normalized spacial score (nSPS) is 11.3. The van der Waals surface area contributed by atoms with Gasteiger partial charge in [0.15, 0.2) is 0 Å². The molecule has 0 N–H and O–H groups in total. The Labute approximate surface area is 233 Å². The number of allylic oxidation sites excluding steroid dienone is 4. The van der Waals surface area contributed by atoms with E-state index in [1.807, 2.05) is 12.2 Å². The summed E-state index contributed by atoms with van der Waals surface area (Å²) in [4.78, 5) is 0. The van der Waals surface area contributed by atoms with Gasteiger partial charge < -0.3 is 24.8 Å². The fourth-order valence-corrected chi connectivity index (χ4v) is 4.82. The fraction of sp³-hybridized carbons (Fsp3) is 0.290. The van der Waals surface area contributed by atoms with Crippen molar-refractivity contribution in [3.63, 3.8) is 0 Å². The molecule has 0 spiro atoms. The van der Waals surface area contributed by atoms with E-state index in [-0.39, 0.29) is 24.8 Å². The number of hydrogen-bond donors (Lipinski definition) is 0. The standard InChI is InChI=1S/C17H11.C9H18.C5H5.2ClH.Zr/c1-3-7-14-12(5-1)9-10-16-15-8-4-2-6-13(15)11-17(14)16;1-3-5-7-9-8-6-4-2;1-2-4-5-3-1;;;/h1-11H;3-8H2,1-2H3;1-3H,4H2;2*1H;/q-1;;-1;;;+2/p-2. The van der Waals surface area contributed by atoms with Crippen LogP contribution in [0.2, 0.25) is 0 Å². The minimum absolute atomic E-state index is 0. The number of unbranched alkanes of at least 4 members (excludes halogenated alkanes) is 2. The van der Waals surface area contributed by atoms with Crippen LogP contribution in [-0.4, -0.2) is 3.21 Å². The monoisotopic (exact) mass is 566 g/mol. The van der Waals surface area contributed by atoms with Gasteiger partial charge >= 0.3 is 79.8 Å². The van der Waals surface area contributed by atoms with Crippen LogP contribution in [-0.2, 0) is 24.2 Å². The Hall–Kier alpha value is -1.40. The summed E-state index contributed by atoms with van der Waals surface area (Å²) in [6.07, 6.45) is 18.3. The summed E-state index contributed by atoms with van der Waals surface area (Å²) in [6, 6.07) is 23.9. The quantitative estimate of drug-likeness (QED) is 0.314. The van der Waals surface area contributed by atoms with E-state index in [1.54, 1.807) is 27.4 Å². The van der Waals surface area contributed by atoms with Gasteiger partial charge in [-0.3, -0.25) is 6.08 Å². The van der Waals surface area contributed by atoms with Crippen molar-refractivity contribution in [2.75, 3.05) is 0 Å². The first-order valence-corrected chi connectivity index (χ1v) is 13.2. The SMILES string of the molecule is CCCC[C](=[Zr+2])CCCC.[C-]1=CC=CC1.[Cl-].[Cl-].c1ccc2c(c1)ccc1c3ccccc3[cH-]c21. The van der Waals surface area contributed by atoms with Crippen molar-refractivity contribution >= 4 is 35.5 Å². The molecule has 0 aromatic heterocycles. The van der Waals surface area contributed by atoms with E-state index in [1.165, 1.54) is 70.8 Å². The average Bonchev–Trinajstić information content (AvgIpc) is 3.53. The Kier molecular flexibility index (Phi) is 15.4. The Morgan fingerprint density at radius 3 is 2.06 bits per heavy atom. The van der Waals surface area contributed by atoms with Crippen molar-refractivity contribution in [1.82, 2.24) is 0 Å². The van der Waals surface area contributed by atoms with Crippen molar-refractivity contribution < 1.29 is 49.0 Å². The molecule has 4 aromatic rings. The predicted octanol–water partition coefficient (Wildman–Crippen LogP) is 3.26. The van der Waals surface area contributed by atoms with Crippen LogP contribution in [0.3, 0.4) is 0 Å². The molecule has 0 nitrogen and oxygen atoms in total. The Balaban J connectivity index is 0.000000293. The number of rotatable bonds is 6. The molecule has 0 saturated heterocycles. The second-order valence-corrected chi connectivity index (χ2v) is 10.0. The van der Waals surface area contributed by atoms with Crippen LogP contribution in [0, 0.1) is 6.08 Å². The van der Waals surface area contributed by atoms with Crippen molar-refractivity contribution in [3.8, 4) is 0 Å². The van der Waals surface area contributed by atoms with Gasteiger partial charge in [-0.1, -0.05) is 65.4 Å². The molecule has 178 valence electrons. The first-order chi connectivity index (χ1) is 15.7. The summed E-state index contributed by atoms with van der Waals surface area (Å²) in [7, 11) is 0. The predicted molar refractivity (Wildman–Crippen MR) is 140 cm³/mol. The molecule has 0 heterocycles. The van der Waals surface area contributed by atoms with Crippen LogP contribution in [0.25, 0.3) is 32.3 Å². The van der Waals surface area contributed by atoms with Gasteiger partial charge in [0, 0.05) is 0 Å². The summed E-state index contributed by atoms with van der Waals surface area (Å²) < 4.78 is 1.79. The summed E-state index contributed by atoms with van der Waals surface area (Å²) in [5.74, 6) is 0. The maximum Gasteiger partial charge on any atom is -0.0520 e. The zero-order valence-electron chi connectivity index (χ0n) is 20.3. The molecule has 0 atom stereocenters. The molecule has 0 aliphatic heterocycles. The molecule has 0 fully saturated rings. The van der Waals surface area contributed by atoms with Crippen molar-refractivity contribution in [2.45, 2.75) is 58.8 Å². The molecular formula is C31H34Cl2Zr-2. The molecule has 1 aliphatic carbocycles. The molecule has 0 unspecified atom stereocenters. The molecule has 0 saturated carbocycles. The van der Waals surface area contributed by atoms with E-state index in [0.29, 0.717) is 0 Å². The Bertz CT molecular complexity index is 1180. The molecule has 1 aliphatic rings. The Morgan fingerprint density at radius 2 is 1.47 bits per heavy atom. The summed E-state index contributed by atoms with van der Waals surface area (Å²) >= 11 is 1.67. The third kappa shape index (κ3) is 9.00. The first-order valence-electron chi connectivity index (χ1n) is 12.0. The third-order valence-corrected chi connectivity index (χ3v) is 7.00. The summed E-state index contributed by atoms with van der Waals surface area (Å²) in [5.41, 5.74) is 0. The number of halogens is 2. The van der Waals surface area contributed by atoms with E-state index in [4.69, 9.17) is 0 Å². The van der Waals surface area contributed by atoms with Gasteiger partial charge in [-0.2, -0.15) is 6.08 Å². The van der Waals surface area contributed by atoms with Gasteiger partial charge in [0.2, 0.25) is 0 Å². The summed E-state index contributed by atoms with van der Waals surface area (Å²) in [6.45, 7) is 4.53. The number of hydrogen-bond acceptors (Lipinski definition) is 0. The van der Waals surface area contributed by atoms with E-state index in [9.17, 15) is 0 Å². The molecule has 0 bridgehead atoms. The van der Waals surface area contributed by atoms with Gasteiger partial charge in [0.25, 0.3) is 0 Å². The van der Waals surface area contributed by atoms with Crippen molar-refractivity contribution in [1.29, 1.82) is 0 Å². The van der Waals surface area contributed by atoms with E-state index in [0.717, 1.165) is 6.42 Å². The zero-order valence-corrected chi connectivity index (χ0v) is 24.3. The van der Waals surface area contributed by atoms with Gasteiger partial charge in [-0.25, -0.2) is 12.2 Å². The number of fused-ring (bicyclic) bond motifs is 5. The largest absolute Gasteiger partial charge is 1.00 e.